The van der Waals surface area contributed by atoms with E-state index in [4.69, 9.17) is 4.42 Å². The van der Waals surface area contributed by atoms with Gasteiger partial charge in [0.2, 0.25) is 11.8 Å². The molecule has 122 valence electrons. The van der Waals surface area contributed by atoms with Gasteiger partial charge < -0.3 is 9.32 Å². The van der Waals surface area contributed by atoms with Gasteiger partial charge >= 0.3 is 0 Å². The number of aromatic nitrogens is 1. The van der Waals surface area contributed by atoms with Gasteiger partial charge in [-0.25, -0.2) is 4.98 Å². The number of hydrogen-bond donors (Lipinski definition) is 0. The molecule has 3 heterocycles. The van der Waals surface area contributed by atoms with E-state index in [1.165, 1.54) is 6.42 Å². The Balaban J connectivity index is 1.52. The first kappa shape index (κ1) is 14.7. The van der Waals surface area contributed by atoms with Crippen molar-refractivity contribution in [3.05, 3.63) is 30.2 Å². The number of benzene rings is 1. The Labute approximate surface area is 136 Å². The molecule has 4 rings (SSSR count). The second-order valence-corrected chi connectivity index (χ2v) is 6.68. The molecule has 0 spiro atoms. The molecule has 0 unspecified atom stereocenters. The molecule has 2 aliphatic heterocycles. The molecule has 0 aliphatic carbocycles. The van der Waals surface area contributed by atoms with Crippen molar-refractivity contribution in [1.29, 1.82) is 0 Å². The van der Waals surface area contributed by atoms with Crippen LogP contribution in [0.4, 0.5) is 0 Å². The van der Waals surface area contributed by atoms with E-state index < -0.39 is 0 Å². The minimum Gasteiger partial charge on any atom is -0.439 e. The lowest BCUT2D eigenvalue weighted by atomic mass is 10.0. The third-order valence-corrected chi connectivity index (χ3v) is 5.24. The molecular weight excluding hydrogens is 290 g/mol. The van der Waals surface area contributed by atoms with Crippen molar-refractivity contribution in [2.45, 2.75) is 51.2 Å². The number of carbonyl (C=O) groups is 1. The number of nitrogens with zero attached hydrogens (tertiary/aromatic N) is 3. The van der Waals surface area contributed by atoms with Gasteiger partial charge in [0.25, 0.3) is 0 Å². The molecule has 1 amide bonds. The highest BCUT2D eigenvalue weighted by Crippen LogP contribution is 2.31. The molecule has 5 nitrogen and oxygen atoms in total. The first-order valence-corrected chi connectivity index (χ1v) is 8.58. The summed E-state index contributed by atoms with van der Waals surface area (Å²) in [6.07, 6.45) is 4.59. The Morgan fingerprint density at radius 2 is 2.00 bits per heavy atom. The van der Waals surface area contributed by atoms with Crippen molar-refractivity contribution in [3.63, 3.8) is 0 Å². The summed E-state index contributed by atoms with van der Waals surface area (Å²) in [7, 11) is 0. The Morgan fingerprint density at radius 3 is 2.83 bits per heavy atom. The van der Waals surface area contributed by atoms with Gasteiger partial charge in [-0.05, 0) is 44.4 Å². The van der Waals surface area contributed by atoms with Gasteiger partial charge in [-0.3, -0.25) is 9.69 Å². The summed E-state index contributed by atoms with van der Waals surface area (Å²) in [4.78, 5) is 21.0. The second-order valence-electron chi connectivity index (χ2n) is 6.68. The standard InChI is InChI=1S/C18H23N3O2/c1-13(22)21-11-5-8-16(21)15-7-4-10-20(15)12-18-19-14-6-2-3-9-17(14)23-18/h2-3,6,9,15-16H,4-5,7-8,10-12H2,1H3/t15-,16+/m0/s1. The molecule has 2 atom stereocenters. The van der Waals surface area contributed by atoms with E-state index in [0.717, 1.165) is 55.9 Å². The van der Waals surface area contributed by atoms with Crippen molar-refractivity contribution >= 4 is 17.0 Å². The highest BCUT2D eigenvalue weighted by molar-refractivity contribution is 5.74. The second kappa shape index (κ2) is 5.96. The maximum absolute atomic E-state index is 11.9. The molecular formula is C18H23N3O2. The van der Waals surface area contributed by atoms with Crippen LogP contribution in [0.1, 0.15) is 38.5 Å². The zero-order valence-electron chi connectivity index (χ0n) is 13.6. The van der Waals surface area contributed by atoms with Gasteiger partial charge in [0.1, 0.15) is 5.52 Å². The summed E-state index contributed by atoms with van der Waals surface area (Å²) in [6, 6.07) is 8.70. The van der Waals surface area contributed by atoms with Gasteiger partial charge in [-0.15, -0.1) is 0 Å². The maximum atomic E-state index is 11.9. The molecule has 2 aliphatic rings. The largest absolute Gasteiger partial charge is 0.439 e. The average molecular weight is 313 g/mol. The maximum Gasteiger partial charge on any atom is 0.219 e. The van der Waals surface area contributed by atoms with Crippen LogP contribution < -0.4 is 0 Å². The summed E-state index contributed by atoms with van der Waals surface area (Å²) in [6.45, 7) is 4.40. The lowest BCUT2D eigenvalue weighted by Gasteiger charge is -2.34. The van der Waals surface area contributed by atoms with Crippen molar-refractivity contribution < 1.29 is 9.21 Å². The van der Waals surface area contributed by atoms with E-state index in [2.05, 4.69) is 14.8 Å². The quantitative estimate of drug-likeness (QED) is 0.874. The normalized spacial score (nSPS) is 25.5. The van der Waals surface area contributed by atoms with E-state index in [1.54, 1.807) is 6.92 Å². The van der Waals surface area contributed by atoms with Gasteiger partial charge in [0.15, 0.2) is 5.58 Å². The van der Waals surface area contributed by atoms with Crippen molar-refractivity contribution in [1.82, 2.24) is 14.8 Å². The van der Waals surface area contributed by atoms with E-state index in [-0.39, 0.29) is 5.91 Å². The number of amides is 1. The third-order valence-electron chi connectivity index (χ3n) is 5.24. The minimum atomic E-state index is 0.209. The number of hydrogen-bond acceptors (Lipinski definition) is 4. The van der Waals surface area contributed by atoms with Crippen molar-refractivity contribution in [2.24, 2.45) is 0 Å². The number of fused-ring (bicyclic) bond motifs is 1. The van der Waals surface area contributed by atoms with E-state index >= 15 is 0 Å². The molecule has 0 saturated carbocycles. The summed E-state index contributed by atoms with van der Waals surface area (Å²) in [5.74, 6) is 0.992. The van der Waals surface area contributed by atoms with Crippen molar-refractivity contribution in [2.75, 3.05) is 13.1 Å². The van der Waals surface area contributed by atoms with Gasteiger partial charge in [-0.2, -0.15) is 0 Å². The summed E-state index contributed by atoms with van der Waals surface area (Å²) in [5, 5.41) is 0. The molecule has 2 saturated heterocycles. The van der Waals surface area contributed by atoms with Crippen LogP contribution in [0, 0.1) is 0 Å². The molecule has 0 bridgehead atoms. The lowest BCUT2D eigenvalue weighted by molar-refractivity contribution is -0.130. The zero-order valence-corrected chi connectivity index (χ0v) is 13.6. The minimum absolute atomic E-state index is 0.209. The Hall–Kier alpha value is -1.88. The van der Waals surface area contributed by atoms with Crippen LogP contribution in [-0.2, 0) is 11.3 Å². The smallest absolute Gasteiger partial charge is 0.219 e. The molecule has 2 fully saturated rings. The fraction of sp³-hybridized carbons (Fsp3) is 0.556. The number of rotatable bonds is 3. The topological polar surface area (TPSA) is 49.6 Å². The predicted molar refractivity (Wildman–Crippen MR) is 87.9 cm³/mol. The van der Waals surface area contributed by atoms with Crippen LogP contribution in [0.5, 0.6) is 0 Å². The molecule has 1 aromatic carbocycles. The lowest BCUT2D eigenvalue weighted by Crippen LogP contribution is -2.47. The molecule has 0 N–H and O–H groups in total. The molecule has 1 aromatic heterocycles. The van der Waals surface area contributed by atoms with Gasteiger partial charge in [0, 0.05) is 25.6 Å². The zero-order chi connectivity index (χ0) is 15.8. The summed E-state index contributed by atoms with van der Waals surface area (Å²) < 4.78 is 5.88. The SMILES string of the molecule is CC(=O)N1CCC[C@@H]1[C@@H]1CCCN1Cc1nc2ccccc2o1. The summed E-state index contributed by atoms with van der Waals surface area (Å²) in [5.41, 5.74) is 1.77. The Kier molecular flexibility index (Phi) is 3.81. The fourth-order valence-electron chi connectivity index (χ4n) is 4.23. The van der Waals surface area contributed by atoms with E-state index in [0.29, 0.717) is 12.1 Å². The highest BCUT2D eigenvalue weighted by atomic mass is 16.3. The number of para-hydroxylation sites is 2. The van der Waals surface area contributed by atoms with Gasteiger partial charge in [-0.1, -0.05) is 12.1 Å². The van der Waals surface area contributed by atoms with Gasteiger partial charge in [0.05, 0.1) is 6.54 Å². The molecule has 23 heavy (non-hydrogen) atoms. The van der Waals surface area contributed by atoms with Crippen LogP contribution in [0.3, 0.4) is 0 Å². The number of likely N-dealkylation sites (tertiary alicyclic amines) is 2. The van der Waals surface area contributed by atoms with E-state index in [1.807, 2.05) is 24.3 Å². The predicted octanol–water partition coefficient (Wildman–Crippen LogP) is 2.80. The molecule has 5 heteroatoms. The van der Waals surface area contributed by atoms with Crippen LogP contribution in [0.2, 0.25) is 0 Å². The fourth-order valence-corrected chi connectivity index (χ4v) is 4.23. The first-order valence-electron chi connectivity index (χ1n) is 8.58. The van der Waals surface area contributed by atoms with Crippen LogP contribution in [-0.4, -0.2) is 45.9 Å². The van der Waals surface area contributed by atoms with Crippen molar-refractivity contribution in [3.8, 4) is 0 Å². The molecule has 2 aromatic rings. The first-order chi connectivity index (χ1) is 11.2. The average Bonchev–Trinajstić information content (AvgIpc) is 3.25. The Bertz CT molecular complexity index is 678. The molecule has 0 radical (unpaired) electrons. The summed E-state index contributed by atoms with van der Waals surface area (Å²) >= 11 is 0. The third kappa shape index (κ3) is 2.74. The van der Waals surface area contributed by atoms with Crippen LogP contribution >= 0.6 is 0 Å². The highest BCUT2D eigenvalue weighted by Gasteiger charge is 2.39. The number of oxazole rings is 1. The monoisotopic (exact) mass is 313 g/mol. The Morgan fingerprint density at radius 1 is 1.22 bits per heavy atom. The van der Waals surface area contributed by atoms with Crippen LogP contribution in [0.15, 0.2) is 28.7 Å². The van der Waals surface area contributed by atoms with Crippen LogP contribution in [0.25, 0.3) is 11.1 Å². The number of carbonyl (C=O) groups excluding carboxylic acids is 1. The van der Waals surface area contributed by atoms with E-state index in [9.17, 15) is 4.79 Å².